The van der Waals surface area contributed by atoms with Gasteiger partial charge in [0.15, 0.2) is 6.04 Å². The lowest BCUT2D eigenvalue weighted by Gasteiger charge is -2.32. The molecule has 1 aliphatic rings. The van der Waals surface area contributed by atoms with Crippen molar-refractivity contribution in [2.75, 3.05) is 18.4 Å². The minimum absolute atomic E-state index is 0.00252. The van der Waals surface area contributed by atoms with Crippen LogP contribution in [0.1, 0.15) is 30.9 Å². The molecule has 1 amide bonds. The van der Waals surface area contributed by atoms with Gasteiger partial charge in [-0.15, -0.1) is 0 Å². The average molecular weight is 337 g/mol. The number of para-hydroxylation sites is 1. The summed E-state index contributed by atoms with van der Waals surface area (Å²) < 4.78 is 0. The molecular weight excluding hydrogens is 308 g/mol. The number of hydrogen-bond donors (Lipinski definition) is 2. The molecule has 3 nitrogen and oxygen atoms in total. The molecular formula is C22H29N2O+. The molecule has 0 radical (unpaired) electrons. The molecule has 0 aromatic heterocycles. The lowest BCUT2D eigenvalue weighted by Crippen LogP contribution is -3.17. The van der Waals surface area contributed by atoms with Crippen LogP contribution in [0.25, 0.3) is 0 Å². The molecule has 2 aromatic rings. The molecule has 1 saturated heterocycles. The highest BCUT2D eigenvalue weighted by atomic mass is 16.2. The van der Waals surface area contributed by atoms with E-state index in [9.17, 15) is 4.79 Å². The first-order chi connectivity index (χ1) is 12.1. The van der Waals surface area contributed by atoms with E-state index in [2.05, 4.69) is 42.6 Å². The molecule has 132 valence electrons. The zero-order valence-corrected chi connectivity index (χ0v) is 15.3. The van der Waals surface area contributed by atoms with Crippen LogP contribution in [0.15, 0.2) is 54.6 Å². The SMILES string of the molecule is Cc1ccccc1NC(=O)[C@@H](C)[NH+]1CCC(Cc2ccccc2)CC1. The summed E-state index contributed by atoms with van der Waals surface area (Å²) in [6, 6.07) is 18.7. The van der Waals surface area contributed by atoms with Crippen LogP contribution in [0.2, 0.25) is 0 Å². The summed E-state index contributed by atoms with van der Waals surface area (Å²) >= 11 is 0. The number of amides is 1. The molecule has 3 heteroatoms. The minimum Gasteiger partial charge on any atom is -0.325 e. The maximum absolute atomic E-state index is 12.6. The highest BCUT2D eigenvalue weighted by Crippen LogP contribution is 2.17. The molecule has 3 rings (SSSR count). The number of carbonyl (C=O) groups is 1. The standard InChI is InChI=1S/C22H28N2O/c1-17-8-6-7-11-21(17)23-22(25)18(2)24-14-12-20(13-15-24)16-19-9-4-3-5-10-19/h3-11,18,20H,12-16H2,1-2H3,(H,23,25)/p+1/t18-/m1/s1. The van der Waals surface area contributed by atoms with E-state index in [0.717, 1.165) is 36.7 Å². The fourth-order valence-electron chi connectivity index (χ4n) is 3.77. The highest BCUT2D eigenvalue weighted by Gasteiger charge is 2.30. The Bertz CT molecular complexity index is 690. The monoisotopic (exact) mass is 337 g/mol. The first-order valence-electron chi connectivity index (χ1n) is 9.38. The van der Waals surface area contributed by atoms with Crippen molar-refractivity contribution in [2.45, 2.75) is 39.2 Å². The van der Waals surface area contributed by atoms with E-state index in [4.69, 9.17) is 0 Å². The highest BCUT2D eigenvalue weighted by molar-refractivity contribution is 5.94. The second kappa shape index (κ2) is 8.30. The smallest absolute Gasteiger partial charge is 0.282 e. The number of rotatable bonds is 5. The first-order valence-corrected chi connectivity index (χ1v) is 9.38. The van der Waals surface area contributed by atoms with E-state index in [1.807, 2.05) is 31.2 Å². The van der Waals surface area contributed by atoms with Gasteiger partial charge in [-0.2, -0.15) is 0 Å². The van der Waals surface area contributed by atoms with Crippen molar-refractivity contribution >= 4 is 11.6 Å². The number of aryl methyl sites for hydroxylation is 1. The third-order valence-corrected chi connectivity index (χ3v) is 5.52. The van der Waals surface area contributed by atoms with E-state index in [0.29, 0.717) is 0 Å². The Morgan fingerprint density at radius 2 is 1.72 bits per heavy atom. The van der Waals surface area contributed by atoms with Crippen LogP contribution in [0.3, 0.4) is 0 Å². The maximum Gasteiger partial charge on any atom is 0.282 e. The summed E-state index contributed by atoms with van der Waals surface area (Å²) in [6.45, 7) is 6.25. The zero-order valence-electron chi connectivity index (χ0n) is 15.3. The van der Waals surface area contributed by atoms with Gasteiger partial charge in [0.2, 0.25) is 0 Å². The van der Waals surface area contributed by atoms with Crippen LogP contribution < -0.4 is 10.2 Å². The van der Waals surface area contributed by atoms with E-state index >= 15 is 0 Å². The van der Waals surface area contributed by atoms with Gasteiger partial charge >= 0.3 is 0 Å². The topological polar surface area (TPSA) is 33.5 Å². The molecule has 1 aliphatic heterocycles. The second-order valence-electron chi connectivity index (χ2n) is 7.32. The van der Waals surface area contributed by atoms with E-state index in [-0.39, 0.29) is 11.9 Å². The summed E-state index contributed by atoms with van der Waals surface area (Å²) in [5.74, 6) is 0.878. The summed E-state index contributed by atoms with van der Waals surface area (Å²) in [4.78, 5) is 14.0. The van der Waals surface area contributed by atoms with Crippen LogP contribution in [-0.4, -0.2) is 25.0 Å². The number of nitrogens with one attached hydrogen (secondary N) is 2. The summed E-state index contributed by atoms with van der Waals surface area (Å²) in [5, 5.41) is 3.10. The van der Waals surface area contributed by atoms with Crippen LogP contribution in [0.5, 0.6) is 0 Å². The normalized spacial score (nSPS) is 21.5. The van der Waals surface area contributed by atoms with Gasteiger partial charge in [-0.25, -0.2) is 0 Å². The molecule has 1 atom stereocenters. The molecule has 25 heavy (non-hydrogen) atoms. The van der Waals surface area contributed by atoms with E-state index in [1.54, 1.807) is 0 Å². The quantitative estimate of drug-likeness (QED) is 0.864. The zero-order chi connectivity index (χ0) is 17.6. The molecule has 0 aliphatic carbocycles. The van der Waals surface area contributed by atoms with Gasteiger partial charge in [0.1, 0.15) is 0 Å². The molecule has 0 saturated carbocycles. The van der Waals surface area contributed by atoms with Crippen molar-refractivity contribution in [1.29, 1.82) is 0 Å². The van der Waals surface area contributed by atoms with Gasteiger partial charge < -0.3 is 10.2 Å². The Labute approximate surface area is 151 Å². The van der Waals surface area contributed by atoms with Gasteiger partial charge in [0.25, 0.3) is 5.91 Å². The first kappa shape index (κ1) is 17.7. The Morgan fingerprint density at radius 1 is 1.08 bits per heavy atom. The Hall–Kier alpha value is -2.13. The summed E-state index contributed by atoms with van der Waals surface area (Å²) in [5.41, 5.74) is 3.47. The Morgan fingerprint density at radius 3 is 2.40 bits per heavy atom. The van der Waals surface area contributed by atoms with Gasteiger partial charge in [0, 0.05) is 5.69 Å². The van der Waals surface area contributed by atoms with Crippen LogP contribution in [0.4, 0.5) is 5.69 Å². The second-order valence-corrected chi connectivity index (χ2v) is 7.32. The Balaban J connectivity index is 1.50. The molecule has 2 aromatic carbocycles. The largest absolute Gasteiger partial charge is 0.325 e. The van der Waals surface area contributed by atoms with E-state index < -0.39 is 0 Å². The lowest BCUT2D eigenvalue weighted by molar-refractivity contribution is -0.919. The third kappa shape index (κ3) is 4.70. The summed E-state index contributed by atoms with van der Waals surface area (Å²) in [7, 11) is 0. The molecule has 1 fully saturated rings. The predicted molar refractivity (Wildman–Crippen MR) is 103 cm³/mol. The fourth-order valence-corrected chi connectivity index (χ4v) is 3.77. The minimum atomic E-state index is -0.00252. The van der Waals surface area contributed by atoms with E-state index in [1.165, 1.54) is 23.3 Å². The van der Waals surface area contributed by atoms with Crippen molar-refractivity contribution in [1.82, 2.24) is 0 Å². The van der Waals surface area contributed by atoms with Gasteiger partial charge in [-0.05, 0) is 56.2 Å². The number of piperidine rings is 1. The van der Waals surface area contributed by atoms with Crippen molar-refractivity contribution in [3.8, 4) is 0 Å². The fraction of sp³-hybridized carbons (Fsp3) is 0.409. The van der Waals surface area contributed by atoms with Gasteiger partial charge in [-0.3, -0.25) is 4.79 Å². The van der Waals surface area contributed by atoms with Gasteiger partial charge in [0.05, 0.1) is 13.1 Å². The van der Waals surface area contributed by atoms with Crippen molar-refractivity contribution in [3.63, 3.8) is 0 Å². The molecule has 0 bridgehead atoms. The lowest BCUT2D eigenvalue weighted by atomic mass is 9.89. The van der Waals surface area contributed by atoms with Crippen LogP contribution in [0, 0.1) is 12.8 Å². The molecule has 0 unspecified atom stereocenters. The molecule has 0 spiro atoms. The number of benzene rings is 2. The number of quaternary nitrogens is 1. The average Bonchev–Trinajstić information content (AvgIpc) is 2.64. The summed E-state index contributed by atoms with van der Waals surface area (Å²) in [6.07, 6.45) is 3.57. The van der Waals surface area contributed by atoms with Gasteiger partial charge in [-0.1, -0.05) is 48.5 Å². The van der Waals surface area contributed by atoms with Crippen LogP contribution in [-0.2, 0) is 11.2 Å². The van der Waals surface area contributed by atoms with Crippen molar-refractivity contribution in [3.05, 3.63) is 65.7 Å². The van der Waals surface area contributed by atoms with Crippen molar-refractivity contribution < 1.29 is 9.69 Å². The number of carbonyl (C=O) groups excluding carboxylic acids is 1. The Kier molecular flexibility index (Phi) is 5.87. The van der Waals surface area contributed by atoms with Crippen LogP contribution >= 0.6 is 0 Å². The molecule has 1 heterocycles. The number of hydrogen-bond acceptors (Lipinski definition) is 1. The maximum atomic E-state index is 12.6. The number of likely N-dealkylation sites (tertiary alicyclic amines) is 1. The van der Waals surface area contributed by atoms with Crippen molar-refractivity contribution in [2.24, 2.45) is 5.92 Å². The molecule has 2 N–H and O–H groups in total. The predicted octanol–water partition coefficient (Wildman–Crippen LogP) is 2.86. The number of anilines is 1. The third-order valence-electron chi connectivity index (χ3n) is 5.52.